The number of likely N-dealkylation sites (N-methyl/N-ethyl adjacent to an activating group) is 1. The van der Waals surface area contributed by atoms with E-state index in [1.54, 1.807) is 12.4 Å². The molecule has 3 aromatic heterocycles. The number of thiazole rings is 2. The fourth-order valence-corrected chi connectivity index (χ4v) is 7.29. The molecule has 202 valence electrons. The zero-order valence-corrected chi connectivity index (χ0v) is 23.5. The fraction of sp³-hybridized carbons (Fsp3) is 0.375. The SMILES string of the molecule is CN1CCN(Cc2cn3c(=O)c(O)c(-c4ncc(Cc5ccc(F)cc5S(=O)(=O)N(C)C)s4)nc3s2)CC1. The standard InChI is InChI=1S/C24H27FN6O4S3/c1-28(2)38(34,35)19-11-16(25)5-4-15(19)10-17-12-26-22(36-17)20-21(32)23(33)31-14-18(37-24(31)27-20)13-30-8-6-29(3)7-9-30/h4-5,11-12,14,32H,6-10,13H2,1-3H3. The highest BCUT2D eigenvalue weighted by molar-refractivity contribution is 7.89. The minimum absolute atomic E-state index is 0.0829. The molecule has 10 nitrogen and oxygen atoms in total. The predicted octanol–water partition coefficient (Wildman–Crippen LogP) is 2.31. The summed E-state index contributed by atoms with van der Waals surface area (Å²) in [4.78, 5) is 28.4. The Labute approximate surface area is 227 Å². The van der Waals surface area contributed by atoms with Crippen molar-refractivity contribution in [1.29, 1.82) is 0 Å². The lowest BCUT2D eigenvalue weighted by atomic mass is 10.1. The summed E-state index contributed by atoms with van der Waals surface area (Å²) in [6.45, 7) is 4.56. The molecule has 14 heteroatoms. The Morgan fingerprint density at radius 1 is 1.13 bits per heavy atom. The molecule has 38 heavy (non-hydrogen) atoms. The predicted molar refractivity (Wildman–Crippen MR) is 145 cm³/mol. The molecule has 0 saturated carbocycles. The van der Waals surface area contributed by atoms with Crippen LogP contribution in [-0.4, -0.2) is 89.3 Å². The third-order valence-electron chi connectivity index (χ3n) is 6.44. The van der Waals surface area contributed by atoms with E-state index in [0.717, 1.165) is 41.4 Å². The van der Waals surface area contributed by atoms with Gasteiger partial charge in [-0.05, 0) is 24.7 Å². The second-order valence-electron chi connectivity index (χ2n) is 9.39. The van der Waals surface area contributed by atoms with Gasteiger partial charge in [-0.2, -0.15) is 0 Å². The van der Waals surface area contributed by atoms with Gasteiger partial charge in [0.05, 0.1) is 4.90 Å². The normalized spacial score (nSPS) is 15.6. The first-order valence-corrected chi connectivity index (χ1v) is 14.9. The van der Waals surface area contributed by atoms with Crippen molar-refractivity contribution in [2.75, 3.05) is 47.3 Å². The second kappa shape index (κ2) is 10.4. The molecule has 4 aromatic rings. The number of nitrogens with zero attached hydrogens (tertiary/aromatic N) is 6. The molecule has 4 heterocycles. The van der Waals surface area contributed by atoms with Crippen LogP contribution in [0.25, 0.3) is 15.7 Å². The summed E-state index contributed by atoms with van der Waals surface area (Å²) in [5.74, 6) is -1.14. The summed E-state index contributed by atoms with van der Waals surface area (Å²) in [5, 5.41) is 11.0. The average molecular weight is 579 g/mol. The van der Waals surface area contributed by atoms with Gasteiger partial charge < -0.3 is 10.0 Å². The van der Waals surface area contributed by atoms with Crippen molar-refractivity contribution in [1.82, 2.24) is 28.5 Å². The largest absolute Gasteiger partial charge is 0.501 e. The lowest BCUT2D eigenvalue weighted by Crippen LogP contribution is -2.43. The highest BCUT2D eigenvalue weighted by atomic mass is 32.2. The third-order valence-corrected chi connectivity index (χ3v) is 10.3. The molecular weight excluding hydrogens is 552 g/mol. The van der Waals surface area contributed by atoms with Gasteiger partial charge in [0.2, 0.25) is 15.8 Å². The van der Waals surface area contributed by atoms with Crippen LogP contribution in [0.1, 0.15) is 15.3 Å². The van der Waals surface area contributed by atoms with Gasteiger partial charge in [0, 0.05) is 75.4 Å². The first kappa shape index (κ1) is 26.8. The van der Waals surface area contributed by atoms with E-state index in [1.165, 1.54) is 53.3 Å². The number of aromatic nitrogens is 3. The number of hydrogen-bond donors (Lipinski definition) is 1. The van der Waals surface area contributed by atoms with Gasteiger partial charge in [-0.15, -0.1) is 11.3 Å². The van der Waals surface area contributed by atoms with E-state index in [2.05, 4.69) is 26.8 Å². The Bertz CT molecular complexity index is 1660. The Kier molecular flexibility index (Phi) is 7.37. The maximum Gasteiger partial charge on any atom is 0.301 e. The molecule has 0 unspecified atom stereocenters. The number of hydrogen-bond acceptors (Lipinski definition) is 10. The highest BCUT2D eigenvalue weighted by Gasteiger charge is 2.24. The van der Waals surface area contributed by atoms with Crippen LogP contribution in [-0.2, 0) is 23.0 Å². The van der Waals surface area contributed by atoms with E-state index < -0.39 is 27.1 Å². The van der Waals surface area contributed by atoms with Gasteiger partial charge in [0.25, 0.3) is 0 Å². The number of sulfonamides is 1. The molecule has 0 aliphatic carbocycles. The Morgan fingerprint density at radius 3 is 2.58 bits per heavy atom. The number of halogens is 1. The quantitative estimate of drug-likeness (QED) is 0.356. The zero-order valence-electron chi connectivity index (χ0n) is 21.1. The molecule has 5 rings (SSSR count). The van der Waals surface area contributed by atoms with E-state index >= 15 is 0 Å². The molecule has 1 aliphatic heterocycles. The molecule has 1 saturated heterocycles. The van der Waals surface area contributed by atoms with Gasteiger partial charge in [0.15, 0.2) is 4.96 Å². The summed E-state index contributed by atoms with van der Waals surface area (Å²) in [5.41, 5.74) is -0.0742. The van der Waals surface area contributed by atoms with E-state index in [0.29, 0.717) is 27.0 Å². The molecule has 1 N–H and O–H groups in total. The number of rotatable bonds is 7. The maximum absolute atomic E-state index is 13.9. The van der Waals surface area contributed by atoms with Gasteiger partial charge in [-0.3, -0.25) is 14.1 Å². The van der Waals surface area contributed by atoms with Gasteiger partial charge >= 0.3 is 5.56 Å². The van der Waals surface area contributed by atoms with E-state index in [4.69, 9.17) is 0 Å². The van der Waals surface area contributed by atoms with Crippen molar-refractivity contribution >= 4 is 37.7 Å². The van der Waals surface area contributed by atoms with Crippen molar-refractivity contribution in [2.24, 2.45) is 0 Å². The Morgan fingerprint density at radius 2 is 1.87 bits per heavy atom. The van der Waals surface area contributed by atoms with Crippen LogP contribution in [0.15, 0.2) is 40.3 Å². The molecule has 0 amide bonds. The van der Waals surface area contributed by atoms with E-state index in [-0.39, 0.29) is 17.0 Å². The van der Waals surface area contributed by atoms with Crippen LogP contribution >= 0.6 is 22.7 Å². The molecule has 1 aliphatic rings. The van der Waals surface area contributed by atoms with Crippen LogP contribution in [0.5, 0.6) is 5.75 Å². The first-order chi connectivity index (χ1) is 18.0. The van der Waals surface area contributed by atoms with Crippen molar-refractivity contribution in [3.05, 3.63) is 62.1 Å². The summed E-state index contributed by atoms with van der Waals surface area (Å²) in [6, 6.07) is 3.66. The molecule has 0 atom stereocenters. The zero-order chi connectivity index (χ0) is 27.2. The topological polar surface area (TPSA) is 111 Å². The van der Waals surface area contributed by atoms with Gasteiger partial charge in [-0.25, -0.2) is 27.1 Å². The summed E-state index contributed by atoms with van der Waals surface area (Å²) < 4.78 is 41.8. The van der Waals surface area contributed by atoms with Crippen LogP contribution in [0.3, 0.4) is 0 Å². The summed E-state index contributed by atoms with van der Waals surface area (Å²) >= 11 is 2.58. The molecule has 0 radical (unpaired) electrons. The summed E-state index contributed by atoms with van der Waals surface area (Å²) in [6.07, 6.45) is 3.45. The lowest BCUT2D eigenvalue weighted by molar-refractivity contribution is 0.149. The average Bonchev–Trinajstić information content (AvgIpc) is 3.50. The third kappa shape index (κ3) is 5.24. The van der Waals surface area contributed by atoms with Crippen LogP contribution in [0.4, 0.5) is 4.39 Å². The number of aromatic hydroxyl groups is 1. The van der Waals surface area contributed by atoms with Crippen LogP contribution < -0.4 is 5.56 Å². The van der Waals surface area contributed by atoms with Crippen LogP contribution in [0, 0.1) is 5.82 Å². The minimum atomic E-state index is -3.87. The van der Waals surface area contributed by atoms with E-state index in [9.17, 15) is 22.7 Å². The van der Waals surface area contributed by atoms with Gasteiger partial charge in [-0.1, -0.05) is 17.4 Å². The van der Waals surface area contributed by atoms with Gasteiger partial charge in [0.1, 0.15) is 16.5 Å². The lowest BCUT2D eigenvalue weighted by Gasteiger charge is -2.31. The second-order valence-corrected chi connectivity index (χ2v) is 13.7. The first-order valence-electron chi connectivity index (χ1n) is 11.8. The monoisotopic (exact) mass is 578 g/mol. The van der Waals surface area contributed by atoms with Crippen LogP contribution in [0.2, 0.25) is 0 Å². The number of benzene rings is 1. The minimum Gasteiger partial charge on any atom is -0.501 e. The summed E-state index contributed by atoms with van der Waals surface area (Å²) in [7, 11) is 1.01. The fourth-order valence-electron chi connectivity index (χ4n) is 4.22. The maximum atomic E-state index is 13.9. The molecule has 1 fully saturated rings. The Hall–Kier alpha value is -2.75. The molecule has 1 aromatic carbocycles. The number of piperazine rings is 1. The van der Waals surface area contributed by atoms with Crippen molar-refractivity contribution in [3.8, 4) is 16.5 Å². The highest BCUT2D eigenvalue weighted by Crippen LogP contribution is 2.32. The van der Waals surface area contributed by atoms with Crippen molar-refractivity contribution in [3.63, 3.8) is 0 Å². The van der Waals surface area contributed by atoms with E-state index in [1.807, 2.05) is 0 Å². The number of fused-ring (bicyclic) bond motifs is 1. The molecule has 0 bridgehead atoms. The molecular formula is C24H27FN6O4S3. The smallest absolute Gasteiger partial charge is 0.301 e. The molecule has 0 spiro atoms. The van der Waals surface area contributed by atoms with Crippen molar-refractivity contribution in [2.45, 2.75) is 17.9 Å². The Balaban J connectivity index is 1.43. The van der Waals surface area contributed by atoms with Crippen molar-refractivity contribution < 1.29 is 17.9 Å².